The van der Waals surface area contributed by atoms with E-state index < -0.39 is 0 Å². The number of nitrogens with one attached hydrogen (secondary N) is 1. The Morgan fingerprint density at radius 2 is 2.08 bits per heavy atom. The second-order valence-electron chi connectivity index (χ2n) is 5.83. The summed E-state index contributed by atoms with van der Waals surface area (Å²) in [4.78, 5) is 0. The van der Waals surface area contributed by atoms with Gasteiger partial charge in [-0.3, -0.25) is 0 Å². The molecule has 0 aliphatic rings. The molecule has 1 aromatic carbocycles. The first kappa shape index (κ1) is 16.4. The van der Waals surface area contributed by atoms with Gasteiger partial charge in [0.1, 0.15) is 5.76 Å². The Morgan fingerprint density at radius 1 is 1.29 bits per heavy atom. The highest BCUT2D eigenvalue weighted by molar-refractivity contribution is 5.83. The maximum atomic E-state index is 5.99. The van der Waals surface area contributed by atoms with Crippen LogP contribution in [0.5, 0.6) is 11.6 Å². The van der Waals surface area contributed by atoms with Crippen molar-refractivity contribution in [1.82, 2.24) is 15.1 Å². The van der Waals surface area contributed by atoms with Crippen molar-refractivity contribution in [2.45, 2.75) is 26.4 Å². The van der Waals surface area contributed by atoms with Crippen molar-refractivity contribution in [1.29, 1.82) is 0 Å². The van der Waals surface area contributed by atoms with Crippen molar-refractivity contribution >= 4 is 11.0 Å². The number of aromatic nitrogens is 2. The van der Waals surface area contributed by atoms with Crippen LogP contribution in [0.3, 0.4) is 0 Å². The van der Waals surface area contributed by atoms with E-state index in [2.05, 4.69) is 17.3 Å². The van der Waals surface area contributed by atoms with Crippen LogP contribution in [0, 0.1) is 6.92 Å². The monoisotopic (exact) mass is 329 g/mol. The van der Waals surface area contributed by atoms with Gasteiger partial charge in [0.15, 0.2) is 11.3 Å². The molecule has 1 atom stereocenters. The molecule has 0 saturated carbocycles. The number of hydrogen-bond acceptors (Lipinski definition) is 5. The third-order valence-electron chi connectivity index (χ3n) is 4.24. The molecule has 24 heavy (non-hydrogen) atoms. The molecule has 3 rings (SSSR count). The minimum absolute atomic E-state index is 0.0476. The molecule has 0 radical (unpaired) electrons. The van der Waals surface area contributed by atoms with Crippen LogP contribution in [0.1, 0.15) is 30.0 Å². The van der Waals surface area contributed by atoms with Crippen LogP contribution in [0.25, 0.3) is 11.0 Å². The summed E-state index contributed by atoms with van der Waals surface area (Å²) in [5.41, 5.74) is 2.79. The highest BCUT2D eigenvalue weighted by Gasteiger charge is 2.17. The normalized spacial score (nSPS) is 12.5. The molecule has 0 fully saturated rings. The van der Waals surface area contributed by atoms with E-state index in [0.717, 1.165) is 39.6 Å². The Hall–Kier alpha value is -2.47. The lowest BCUT2D eigenvalue weighted by atomic mass is 10.2. The predicted octanol–water partition coefficient (Wildman–Crippen LogP) is 3.34. The van der Waals surface area contributed by atoms with E-state index in [1.165, 1.54) is 0 Å². The number of nitrogens with zero attached hydrogens (tertiary/aromatic N) is 2. The van der Waals surface area contributed by atoms with Crippen molar-refractivity contribution in [3.05, 3.63) is 41.3 Å². The number of ether oxygens (including phenoxy) is 2. The molecule has 0 bridgehead atoms. The van der Waals surface area contributed by atoms with Gasteiger partial charge >= 0.3 is 0 Å². The smallest absolute Gasteiger partial charge is 0.216 e. The molecule has 0 amide bonds. The number of aryl methyl sites for hydroxylation is 2. The van der Waals surface area contributed by atoms with Gasteiger partial charge in [0.25, 0.3) is 0 Å². The van der Waals surface area contributed by atoms with Gasteiger partial charge in [-0.2, -0.15) is 5.10 Å². The summed E-state index contributed by atoms with van der Waals surface area (Å²) >= 11 is 0. The quantitative estimate of drug-likeness (QED) is 0.751. The second kappa shape index (κ2) is 6.57. The molecule has 1 N–H and O–H groups in total. The van der Waals surface area contributed by atoms with Crippen LogP contribution < -0.4 is 14.8 Å². The molecule has 0 saturated heterocycles. The molecule has 2 heterocycles. The number of methoxy groups -OCH3 is 2. The van der Waals surface area contributed by atoms with E-state index in [0.29, 0.717) is 6.54 Å². The SMILES string of the molecule is COc1cccc2cc([C@@H](C)NCc3c(C)nn(C)c3OC)oc12. The molecule has 0 aliphatic carbocycles. The average Bonchev–Trinajstić information content (AvgIpc) is 3.12. The van der Waals surface area contributed by atoms with Crippen LogP contribution in [0.2, 0.25) is 0 Å². The lowest BCUT2D eigenvalue weighted by Crippen LogP contribution is -2.18. The number of hydrogen-bond donors (Lipinski definition) is 1. The first-order valence-corrected chi connectivity index (χ1v) is 7.91. The standard InChI is InChI=1S/C18H23N3O3/c1-11-14(18(23-5)21(3)20-11)10-19-12(2)16-9-13-7-6-8-15(22-4)17(13)24-16/h6-9,12,19H,10H2,1-5H3/t12-/m1/s1. The Balaban J connectivity index is 1.79. The average molecular weight is 329 g/mol. The predicted molar refractivity (Wildman–Crippen MR) is 92.5 cm³/mol. The molecule has 0 aliphatic heterocycles. The number of rotatable bonds is 6. The Kier molecular flexibility index (Phi) is 4.49. The molecule has 128 valence electrons. The summed E-state index contributed by atoms with van der Waals surface area (Å²) < 4.78 is 18.5. The molecular formula is C18H23N3O3. The maximum Gasteiger partial charge on any atom is 0.216 e. The molecule has 0 unspecified atom stereocenters. The topological polar surface area (TPSA) is 61.5 Å². The van der Waals surface area contributed by atoms with Crippen molar-refractivity contribution in [3.63, 3.8) is 0 Å². The minimum Gasteiger partial charge on any atom is -0.493 e. The number of benzene rings is 1. The van der Waals surface area contributed by atoms with Gasteiger partial charge in [0, 0.05) is 19.0 Å². The summed E-state index contributed by atoms with van der Waals surface area (Å²) in [6.07, 6.45) is 0. The van der Waals surface area contributed by atoms with Gasteiger partial charge < -0.3 is 19.2 Å². The second-order valence-corrected chi connectivity index (χ2v) is 5.83. The number of para-hydroxylation sites is 1. The van der Waals surface area contributed by atoms with Gasteiger partial charge in [-0.05, 0) is 26.0 Å². The molecule has 2 aromatic heterocycles. The van der Waals surface area contributed by atoms with Gasteiger partial charge in [-0.25, -0.2) is 4.68 Å². The summed E-state index contributed by atoms with van der Waals surface area (Å²) in [5.74, 6) is 2.39. The first-order valence-electron chi connectivity index (χ1n) is 7.91. The summed E-state index contributed by atoms with van der Waals surface area (Å²) in [6.45, 7) is 4.71. The lowest BCUT2D eigenvalue weighted by molar-refractivity contribution is 0.365. The summed E-state index contributed by atoms with van der Waals surface area (Å²) in [7, 11) is 5.19. The van der Waals surface area contributed by atoms with Crippen molar-refractivity contribution < 1.29 is 13.9 Å². The van der Waals surface area contributed by atoms with Gasteiger partial charge in [-0.1, -0.05) is 12.1 Å². The van der Waals surface area contributed by atoms with E-state index in [1.54, 1.807) is 18.9 Å². The van der Waals surface area contributed by atoms with E-state index in [9.17, 15) is 0 Å². The maximum absolute atomic E-state index is 5.99. The first-order chi connectivity index (χ1) is 11.5. The highest BCUT2D eigenvalue weighted by atomic mass is 16.5. The fraction of sp³-hybridized carbons (Fsp3) is 0.389. The van der Waals surface area contributed by atoms with Gasteiger partial charge in [-0.15, -0.1) is 0 Å². The Labute approximate surface area is 141 Å². The van der Waals surface area contributed by atoms with Crippen molar-refractivity contribution in [3.8, 4) is 11.6 Å². The molecular weight excluding hydrogens is 306 g/mol. The van der Waals surface area contributed by atoms with Crippen LogP contribution >= 0.6 is 0 Å². The molecule has 3 aromatic rings. The van der Waals surface area contributed by atoms with Crippen LogP contribution in [0.15, 0.2) is 28.7 Å². The zero-order valence-corrected chi connectivity index (χ0v) is 14.7. The van der Waals surface area contributed by atoms with E-state index >= 15 is 0 Å². The fourth-order valence-electron chi connectivity index (χ4n) is 2.93. The van der Waals surface area contributed by atoms with E-state index in [1.807, 2.05) is 38.2 Å². The van der Waals surface area contributed by atoms with Crippen molar-refractivity contribution in [2.24, 2.45) is 7.05 Å². The summed E-state index contributed by atoms with van der Waals surface area (Å²) in [6, 6.07) is 7.97. The summed E-state index contributed by atoms with van der Waals surface area (Å²) in [5, 5.41) is 8.91. The van der Waals surface area contributed by atoms with Crippen molar-refractivity contribution in [2.75, 3.05) is 14.2 Å². The van der Waals surface area contributed by atoms with Crippen LogP contribution in [-0.2, 0) is 13.6 Å². The lowest BCUT2D eigenvalue weighted by Gasteiger charge is -2.12. The van der Waals surface area contributed by atoms with E-state index in [4.69, 9.17) is 13.9 Å². The minimum atomic E-state index is 0.0476. The molecule has 6 nitrogen and oxygen atoms in total. The fourth-order valence-corrected chi connectivity index (χ4v) is 2.93. The molecule has 0 spiro atoms. The Bertz CT molecular complexity index is 851. The third kappa shape index (κ3) is 2.85. The van der Waals surface area contributed by atoms with Gasteiger partial charge in [0.2, 0.25) is 5.88 Å². The largest absolute Gasteiger partial charge is 0.493 e. The zero-order chi connectivity index (χ0) is 17.3. The highest BCUT2D eigenvalue weighted by Crippen LogP contribution is 2.31. The zero-order valence-electron chi connectivity index (χ0n) is 14.7. The van der Waals surface area contributed by atoms with Crippen LogP contribution in [-0.4, -0.2) is 24.0 Å². The number of fused-ring (bicyclic) bond motifs is 1. The van der Waals surface area contributed by atoms with E-state index in [-0.39, 0.29) is 6.04 Å². The van der Waals surface area contributed by atoms with Crippen LogP contribution in [0.4, 0.5) is 0 Å². The third-order valence-corrected chi connectivity index (χ3v) is 4.24. The van der Waals surface area contributed by atoms with Gasteiger partial charge in [0.05, 0.1) is 31.5 Å². The molecule has 6 heteroatoms. The Morgan fingerprint density at radius 3 is 2.79 bits per heavy atom. The number of furan rings is 1.